The molecule has 0 N–H and O–H groups in total. The van der Waals surface area contributed by atoms with Gasteiger partial charge < -0.3 is 4.74 Å². The number of esters is 1. The van der Waals surface area contributed by atoms with Gasteiger partial charge in [-0.05, 0) is 58.2 Å². The third-order valence-corrected chi connectivity index (χ3v) is 4.77. The van der Waals surface area contributed by atoms with Gasteiger partial charge in [-0.25, -0.2) is 13.2 Å². The molecule has 0 aliphatic heterocycles. The lowest BCUT2D eigenvalue weighted by Gasteiger charge is -2.23. The van der Waals surface area contributed by atoms with Gasteiger partial charge in [-0.15, -0.1) is 0 Å². The Hall–Kier alpha value is -1.40. The lowest BCUT2D eigenvalue weighted by molar-refractivity contribution is 0.00676. The van der Waals surface area contributed by atoms with Crippen LogP contribution >= 0.6 is 10.7 Å². The lowest BCUT2D eigenvalue weighted by Crippen LogP contribution is -2.26. The molecule has 1 aromatic carbocycles. The first kappa shape index (κ1) is 18.6. The SMILES string of the molecule is Cc1c(C=O)c(C)c(S(=O)(=O)Cl)c(C)c1C(=O)OC(C)(C)C. The Balaban J connectivity index is 3.80. The largest absolute Gasteiger partial charge is 0.456 e. The zero-order valence-corrected chi connectivity index (χ0v) is 15.0. The zero-order chi connectivity index (χ0) is 17.5. The molecule has 0 fully saturated rings. The molecule has 122 valence electrons. The van der Waals surface area contributed by atoms with Gasteiger partial charge in [0.15, 0.2) is 6.29 Å². The molecular formula is C15H19ClO5S. The molecule has 0 bridgehead atoms. The molecule has 0 amide bonds. The second kappa shape index (κ2) is 6.01. The van der Waals surface area contributed by atoms with Crippen molar-refractivity contribution in [3.05, 3.63) is 27.8 Å². The third-order valence-electron chi connectivity index (χ3n) is 3.20. The summed E-state index contributed by atoms with van der Waals surface area (Å²) in [6, 6.07) is 0. The minimum Gasteiger partial charge on any atom is -0.456 e. The summed E-state index contributed by atoms with van der Waals surface area (Å²) in [5.41, 5.74) is 0.232. The van der Waals surface area contributed by atoms with Crippen molar-refractivity contribution in [1.82, 2.24) is 0 Å². The van der Waals surface area contributed by atoms with Crippen LogP contribution in [0.5, 0.6) is 0 Å². The molecule has 22 heavy (non-hydrogen) atoms. The summed E-state index contributed by atoms with van der Waals surface area (Å²) in [4.78, 5) is 23.5. The van der Waals surface area contributed by atoms with E-state index in [0.29, 0.717) is 11.8 Å². The first-order valence-corrected chi connectivity index (χ1v) is 8.89. The fraction of sp³-hybridized carbons (Fsp3) is 0.467. The van der Waals surface area contributed by atoms with Crippen molar-refractivity contribution >= 4 is 32.0 Å². The van der Waals surface area contributed by atoms with Gasteiger partial charge >= 0.3 is 5.97 Å². The van der Waals surface area contributed by atoms with Gasteiger partial charge in [0.2, 0.25) is 0 Å². The van der Waals surface area contributed by atoms with Gasteiger partial charge in [0.1, 0.15) is 5.60 Å². The smallest absolute Gasteiger partial charge is 0.339 e. The topological polar surface area (TPSA) is 77.5 Å². The molecule has 7 heteroatoms. The van der Waals surface area contributed by atoms with Crippen LogP contribution in [-0.2, 0) is 13.8 Å². The quantitative estimate of drug-likeness (QED) is 0.476. The van der Waals surface area contributed by atoms with Gasteiger partial charge in [-0.3, -0.25) is 4.79 Å². The Labute approximate surface area is 135 Å². The first-order chi connectivity index (χ1) is 9.81. The number of benzene rings is 1. The number of aldehydes is 1. The van der Waals surface area contributed by atoms with E-state index >= 15 is 0 Å². The van der Waals surface area contributed by atoms with Crippen LogP contribution in [0.2, 0.25) is 0 Å². The summed E-state index contributed by atoms with van der Waals surface area (Å²) in [6.45, 7) is 9.63. The number of ether oxygens (including phenoxy) is 1. The molecule has 0 radical (unpaired) electrons. The van der Waals surface area contributed by atoms with Gasteiger partial charge in [0.05, 0.1) is 10.5 Å². The Bertz CT molecular complexity index is 742. The average Bonchev–Trinajstić information content (AvgIpc) is 2.24. The van der Waals surface area contributed by atoms with E-state index in [1.54, 1.807) is 27.7 Å². The van der Waals surface area contributed by atoms with Crippen molar-refractivity contribution in [3.63, 3.8) is 0 Å². The Morgan fingerprint density at radius 3 is 1.95 bits per heavy atom. The van der Waals surface area contributed by atoms with E-state index in [1.165, 1.54) is 13.8 Å². The molecule has 0 aliphatic rings. The number of carbonyl (C=O) groups is 2. The molecule has 0 aliphatic carbocycles. The standard InChI is InChI=1S/C15H19ClO5S/c1-8-11(7-17)9(2)13(22(16,19)20)10(3)12(8)14(18)21-15(4,5)6/h7H,1-6H3. The first-order valence-electron chi connectivity index (χ1n) is 6.58. The maximum Gasteiger partial charge on any atom is 0.339 e. The highest BCUT2D eigenvalue weighted by molar-refractivity contribution is 8.13. The summed E-state index contributed by atoms with van der Waals surface area (Å²) in [5.74, 6) is -0.688. The number of carbonyl (C=O) groups excluding carboxylic acids is 2. The summed E-state index contributed by atoms with van der Waals surface area (Å²) in [7, 11) is 1.36. The van der Waals surface area contributed by atoms with Gasteiger partial charge in [-0.2, -0.15) is 0 Å². The highest BCUT2D eigenvalue weighted by Gasteiger charge is 2.29. The van der Waals surface area contributed by atoms with E-state index in [-0.39, 0.29) is 27.1 Å². The van der Waals surface area contributed by atoms with E-state index in [1.807, 2.05) is 0 Å². The summed E-state index contributed by atoms with van der Waals surface area (Å²) in [6.07, 6.45) is 0.517. The Kier molecular flexibility index (Phi) is 5.09. The van der Waals surface area contributed by atoms with E-state index < -0.39 is 20.6 Å². The van der Waals surface area contributed by atoms with Gasteiger partial charge in [0.25, 0.3) is 9.05 Å². The molecule has 0 spiro atoms. The molecular weight excluding hydrogens is 328 g/mol. The van der Waals surface area contributed by atoms with Crippen molar-refractivity contribution in [2.75, 3.05) is 0 Å². The van der Waals surface area contributed by atoms with Crippen LogP contribution in [0.4, 0.5) is 0 Å². The van der Waals surface area contributed by atoms with Crippen LogP contribution in [-0.4, -0.2) is 26.3 Å². The fourth-order valence-electron chi connectivity index (χ4n) is 2.39. The van der Waals surface area contributed by atoms with Crippen molar-refractivity contribution in [2.24, 2.45) is 0 Å². The van der Waals surface area contributed by atoms with Crippen molar-refractivity contribution < 1.29 is 22.7 Å². The molecule has 1 rings (SSSR count). The molecule has 0 saturated carbocycles. The second-order valence-corrected chi connectivity index (χ2v) is 8.55. The minimum atomic E-state index is -4.11. The van der Waals surface area contributed by atoms with Crippen LogP contribution in [0.25, 0.3) is 0 Å². The van der Waals surface area contributed by atoms with Gasteiger partial charge in [0, 0.05) is 16.2 Å². The number of hydrogen-bond donors (Lipinski definition) is 0. The number of rotatable bonds is 3. The van der Waals surface area contributed by atoms with E-state index in [9.17, 15) is 18.0 Å². The van der Waals surface area contributed by atoms with E-state index in [0.717, 1.165) is 0 Å². The molecule has 0 unspecified atom stereocenters. The van der Waals surface area contributed by atoms with Gasteiger partial charge in [-0.1, -0.05) is 0 Å². The highest BCUT2D eigenvalue weighted by atomic mass is 35.7. The average molecular weight is 347 g/mol. The van der Waals surface area contributed by atoms with Crippen LogP contribution < -0.4 is 0 Å². The van der Waals surface area contributed by atoms with Crippen molar-refractivity contribution in [3.8, 4) is 0 Å². The number of hydrogen-bond acceptors (Lipinski definition) is 5. The normalized spacial score (nSPS) is 12.1. The van der Waals surface area contributed by atoms with Crippen molar-refractivity contribution in [2.45, 2.75) is 52.0 Å². The predicted octanol–water partition coefficient (Wildman–Crippen LogP) is 3.31. The fourth-order valence-corrected chi connectivity index (χ4v) is 4.03. The third kappa shape index (κ3) is 3.67. The van der Waals surface area contributed by atoms with E-state index in [4.69, 9.17) is 15.4 Å². The highest BCUT2D eigenvalue weighted by Crippen LogP contribution is 2.32. The van der Waals surface area contributed by atoms with Crippen LogP contribution in [0.1, 0.15) is 58.2 Å². The lowest BCUT2D eigenvalue weighted by atomic mass is 9.93. The molecule has 0 atom stereocenters. The Morgan fingerprint density at radius 1 is 1.09 bits per heavy atom. The Morgan fingerprint density at radius 2 is 1.59 bits per heavy atom. The predicted molar refractivity (Wildman–Crippen MR) is 84.2 cm³/mol. The molecule has 0 aromatic heterocycles. The molecule has 0 saturated heterocycles. The monoisotopic (exact) mass is 346 g/mol. The molecule has 5 nitrogen and oxygen atoms in total. The summed E-state index contributed by atoms with van der Waals surface area (Å²) in [5, 5.41) is 0. The van der Waals surface area contributed by atoms with Crippen LogP contribution in [0, 0.1) is 20.8 Å². The maximum atomic E-state index is 12.4. The summed E-state index contributed by atoms with van der Waals surface area (Å²) >= 11 is 0. The van der Waals surface area contributed by atoms with Crippen LogP contribution in [0.15, 0.2) is 4.90 Å². The zero-order valence-electron chi connectivity index (χ0n) is 13.4. The number of halogens is 1. The molecule has 1 aromatic rings. The van der Waals surface area contributed by atoms with Crippen molar-refractivity contribution in [1.29, 1.82) is 0 Å². The summed E-state index contributed by atoms with van der Waals surface area (Å²) < 4.78 is 28.9. The second-order valence-electron chi connectivity index (χ2n) is 6.05. The maximum absolute atomic E-state index is 12.4. The van der Waals surface area contributed by atoms with E-state index in [2.05, 4.69) is 0 Å². The van der Waals surface area contributed by atoms with Crippen LogP contribution in [0.3, 0.4) is 0 Å². The molecule has 0 heterocycles. The minimum absolute atomic E-state index is 0.0573.